The lowest BCUT2D eigenvalue weighted by Gasteiger charge is -2.12. The van der Waals surface area contributed by atoms with Crippen molar-refractivity contribution in [1.82, 2.24) is 4.57 Å². The Morgan fingerprint density at radius 3 is 2.77 bits per heavy atom. The van der Waals surface area contributed by atoms with Crippen molar-refractivity contribution in [2.45, 2.75) is 38.2 Å². The Hall–Kier alpha value is -3.48. The lowest BCUT2D eigenvalue weighted by molar-refractivity contribution is 0.0696. The van der Waals surface area contributed by atoms with Crippen molar-refractivity contribution in [3.8, 4) is 5.75 Å². The molecule has 2 N–H and O–H groups in total. The van der Waals surface area contributed by atoms with Crippen LogP contribution in [0.3, 0.4) is 0 Å². The molecule has 0 unspecified atom stereocenters. The number of nitrogens with one attached hydrogen (secondary N) is 1. The molecule has 0 atom stereocenters. The zero-order valence-corrected chi connectivity index (χ0v) is 16.7. The van der Waals surface area contributed by atoms with Crippen LogP contribution in [0.2, 0.25) is 0 Å². The number of fused-ring (bicyclic) bond motifs is 1. The number of hydrogen-bond donors (Lipinski definition) is 2. The minimum atomic E-state index is -2.82. The normalized spacial score (nSPS) is 17.7. The molecule has 1 saturated carbocycles. The van der Waals surface area contributed by atoms with Crippen LogP contribution in [0.5, 0.6) is 5.75 Å². The van der Waals surface area contributed by atoms with Crippen LogP contribution in [0.1, 0.15) is 55.4 Å². The summed E-state index contributed by atoms with van der Waals surface area (Å²) in [6.45, 7) is -2.50. The topological polar surface area (TPSA) is 89.8 Å². The van der Waals surface area contributed by atoms with Gasteiger partial charge in [0, 0.05) is 40.3 Å². The Labute approximate surface area is 189 Å². The molecule has 0 bridgehead atoms. The molecule has 0 aliphatic heterocycles. The smallest absolute Gasteiger partial charge is 0.411 e. The van der Waals surface area contributed by atoms with E-state index in [1.165, 1.54) is 18.3 Å². The maximum Gasteiger partial charge on any atom is 0.411 e. The summed E-state index contributed by atoms with van der Waals surface area (Å²) in [7, 11) is -2.82. The van der Waals surface area contributed by atoms with E-state index in [4.69, 9.17) is 17.7 Å². The second-order valence-corrected chi connectivity index (χ2v) is 7.60. The van der Waals surface area contributed by atoms with E-state index >= 15 is 0 Å². The molecule has 31 heavy (non-hydrogen) atoms. The molecule has 0 saturated heterocycles. The molecular weight excluding hydrogens is 396 g/mol. The number of amides is 1. The fourth-order valence-electron chi connectivity index (χ4n) is 3.96. The Bertz CT molecular complexity index is 1330. The Balaban J connectivity index is 1.71. The lowest BCUT2D eigenvalue weighted by atomic mass is 10.0. The Morgan fingerprint density at radius 1 is 1.19 bits per heavy atom. The monoisotopic (exact) mass is 428 g/mol. The summed E-state index contributed by atoms with van der Waals surface area (Å²) in [4.78, 5) is 23.8. The van der Waals surface area contributed by atoms with Gasteiger partial charge in [0.15, 0.2) is 0 Å². The van der Waals surface area contributed by atoms with Gasteiger partial charge in [0.2, 0.25) is 0 Å². The van der Waals surface area contributed by atoms with Crippen LogP contribution in [0.15, 0.2) is 42.6 Å². The molecule has 1 aromatic heterocycles. The van der Waals surface area contributed by atoms with Gasteiger partial charge in [0.25, 0.3) is 0 Å². The van der Waals surface area contributed by atoms with Crippen LogP contribution in [-0.2, 0) is 18.1 Å². The van der Waals surface area contributed by atoms with Gasteiger partial charge in [0.05, 0.1) is 16.7 Å². The maximum atomic E-state index is 12.4. The SMILES string of the molecule is [2H]C([2H])([2H])Oc1cc(C(=O)O)ccc1Cc1cn(C([2H])([2H])[2H])c2ccc(NC(=O)OC3CCCC3)cc12. The number of rotatable bonds is 6. The third kappa shape index (κ3) is 4.50. The Morgan fingerprint density at radius 2 is 2.03 bits per heavy atom. The summed E-state index contributed by atoms with van der Waals surface area (Å²) in [5.74, 6) is -1.40. The van der Waals surface area contributed by atoms with E-state index in [9.17, 15) is 14.7 Å². The standard InChI is InChI=1S/C24H26N2O5/c1-26-14-17(11-15-7-8-16(23(27)28)12-22(15)30-2)20-13-18(9-10-21(20)26)25-24(29)31-19-5-3-4-6-19/h7-10,12-14,19H,3-6,11H2,1-2H3,(H,25,29)(H,27,28)/i1D3,2D3. The molecular formula is C24H26N2O5. The molecule has 7 nitrogen and oxygen atoms in total. The van der Waals surface area contributed by atoms with E-state index in [2.05, 4.69) is 5.32 Å². The highest BCUT2D eigenvalue weighted by atomic mass is 16.6. The van der Waals surface area contributed by atoms with Crippen molar-refractivity contribution in [2.75, 3.05) is 12.4 Å². The second kappa shape index (κ2) is 8.71. The summed E-state index contributed by atoms with van der Waals surface area (Å²) in [6.07, 6.45) is 4.41. The molecule has 2 aromatic carbocycles. The molecule has 1 aliphatic rings. The number of aromatic nitrogens is 1. The largest absolute Gasteiger partial charge is 0.496 e. The number of carbonyl (C=O) groups is 2. The third-order valence-corrected chi connectivity index (χ3v) is 5.51. The number of hydrogen-bond acceptors (Lipinski definition) is 4. The van der Waals surface area contributed by atoms with Crippen LogP contribution < -0.4 is 10.1 Å². The zero-order valence-electron chi connectivity index (χ0n) is 22.7. The minimum absolute atomic E-state index is 0.0425. The molecule has 4 rings (SSSR count). The minimum Gasteiger partial charge on any atom is -0.496 e. The van der Waals surface area contributed by atoms with Gasteiger partial charge in [-0.05, 0) is 67.1 Å². The number of ether oxygens (including phenoxy) is 2. The maximum absolute atomic E-state index is 12.4. The number of carboxylic acid groups (broad SMARTS) is 1. The van der Waals surface area contributed by atoms with Gasteiger partial charge < -0.3 is 19.1 Å². The summed E-state index contributed by atoms with van der Waals surface area (Å²) in [5, 5.41) is 12.5. The van der Waals surface area contributed by atoms with Crippen molar-refractivity contribution >= 4 is 28.7 Å². The summed E-state index contributed by atoms with van der Waals surface area (Å²) >= 11 is 0. The van der Waals surface area contributed by atoms with Crippen LogP contribution in [-0.4, -0.2) is 34.9 Å². The number of carbonyl (C=O) groups excluding carboxylic acids is 1. The molecule has 1 heterocycles. The number of aromatic carboxylic acids is 1. The van der Waals surface area contributed by atoms with Crippen molar-refractivity contribution in [3.05, 3.63) is 59.3 Å². The van der Waals surface area contributed by atoms with Crippen LogP contribution in [0.25, 0.3) is 10.9 Å². The number of anilines is 1. The fourth-order valence-corrected chi connectivity index (χ4v) is 3.96. The van der Waals surface area contributed by atoms with Crippen molar-refractivity contribution in [2.24, 2.45) is 6.98 Å². The second-order valence-electron chi connectivity index (χ2n) is 7.60. The molecule has 0 spiro atoms. The van der Waals surface area contributed by atoms with E-state index in [1.54, 1.807) is 18.2 Å². The molecule has 0 radical (unpaired) electrons. The molecule has 1 amide bonds. The highest BCUT2D eigenvalue weighted by Crippen LogP contribution is 2.30. The highest BCUT2D eigenvalue weighted by molar-refractivity contribution is 5.92. The highest BCUT2D eigenvalue weighted by Gasteiger charge is 2.19. The third-order valence-electron chi connectivity index (χ3n) is 5.51. The summed E-state index contributed by atoms with van der Waals surface area (Å²) < 4.78 is 57.7. The van der Waals surface area contributed by atoms with Gasteiger partial charge >= 0.3 is 12.1 Å². The number of carboxylic acids is 1. The predicted octanol–water partition coefficient (Wildman–Crippen LogP) is 4.97. The average Bonchev–Trinajstić information content (AvgIpc) is 3.41. The van der Waals surface area contributed by atoms with Crippen LogP contribution in [0, 0.1) is 0 Å². The van der Waals surface area contributed by atoms with Crippen molar-refractivity contribution < 1.29 is 32.4 Å². The van der Waals surface area contributed by atoms with Gasteiger partial charge in [-0.25, -0.2) is 9.59 Å². The van der Waals surface area contributed by atoms with E-state index in [1.807, 2.05) is 0 Å². The van der Waals surface area contributed by atoms with E-state index < -0.39 is 26.1 Å². The first-order chi connectivity index (χ1) is 17.3. The number of aryl methyl sites for hydroxylation is 1. The van der Waals surface area contributed by atoms with E-state index in [0.29, 0.717) is 27.7 Å². The summed E-state index contributed by atoms with van der Waals surface area (Å²) in [5.41, 5.74) is 1.49. The van der Waals surface area contributed by atoms with Gasteiger partial charge in [-0.3, -0.25) is 5.32 Å². The molecule has 162 valence electrons. The van der Waals surface area contributed by atoms with Gasteiger partial charge in [-0.1, -0.05) is 6.07 Å². The fraction of sp³-hybridized carbons (Fsp3) is 0.333. The Kier molecular flexibility index (Phi) is 4.08. The molecule has 7 heteroatoms. The van der Waals surface area contributed by atoms with Gasteiger partial charge in [-0.2, -0.15) is 0 Å². The first-order valence-electron chi connectivity index (χ1n) is 13.0. The number of nitrogens with zero attached hydrogens (tertiary/aromatic N) is 1. The van der Waals surface area contributed by atoms with Crippen LogP contribution in [0.4, 0.5) is 10.5 Å². The zero-order chi connectivity index (χ0) is 27.0. The quantitative estimate of drug-likeness (QED) is 0.579. The lowest BCUT2D eigenvalue weighted by Crippen LogP contribution is -2.20. The average molecular weight is 429 g/mol. The molecule has 3 aromatic rings. The number of methoxy groups -OCH3 is 1. The summed E-state index contributed by atoms with van der Waals surface area (Å²) in [6, 6.07) is 8.65. The van der Waals surface area contributed by atoms with Crippen molar-refractivity contribution in [3.63, 3.8) is 0 Å². The van der Waals surface area contributed by atoms with Crippen LogP contribution >= 0.6 is 0 Å². The van der Waals surface area contributed by atoms with Gasteiger partial charge in [-0.15, -0.1) is 0 Å². The first kappa shape index (κ1) is 14.5. The first-order valence-corrected chi connectivity index (χ1v) is 9.97. The van der Waals surface area contributed by atoms with E-state index in [0.717, 1.165) is 36.3 Å². The predicted molar refractivity (Wildman–Crippen MR) is 118 cm³/mol. The van der Waals surface area contributed by atoms with E-state index in [-0.39, 0.29) is 23.8 Å². The van der Waals surface area contributed by atoms with Crippen molar-refractivity contribution in [1.29, 1.82) is 0 Å². The molecule has 1 fully saturated rings. The number of benzene rings is 2. The van der Waals surface area contributed by atoms with Gasteiger partial charge in [0.1, 0.15) is 11.9 Å². The molecule has 1 aliphatic carbocycles.